The van der Waals surface area contributed by atoms with E-state index in [1.54, 1.807) is 12.1 Å². The lowest BCUT2D eigenvalue weighted by atomic mass is 9.98. The summed E-state index contributed by atoms with van der Waals surface area (Å²) in [4.78, 5) is 12.6. The molecule has 0 bridgehead atoms. The van der Waals surface area contributed by atoms with Gasteiger partial charge in [-0.3, -0.25) is 4.79 Å². The van der Waals surface area contributed by atoms with Crippen LogP contribution in [0, 0.1) is 11.7 Å². The summed E-state index contributed by atoms with van der Waals surface area (Å²) in [6.07, 6.45) is 2.25. The molecule has 3 atom stereocenters. The fourth-order valence-electron chi connectivity index (χ4n) is 3.10. The first-order chi connectivity index (χ1) is 13.4. The molecule has 0 aliphatic rings. The number of hydrogen-bond acceptors (Lipinski definition) is 3. The summed E-state index contributed by atoms with van der Waals surface area (Å²) >= 11 is 0. The lowest BCUT2D eigenvalue weighted by molar-refractivity contribution is -0.124. The molecule has 0 aliphatic heterocycles. The van der Waals surface area contributed by atoms with Crippen molar-refractivity contribution in [2.24, 2.45) is 5.92 Å². The third-order valence-corrected chi connectivity index (χ3v) is 4.83. The number of halogens is 1. The van der Waals surface area contributed by atoms with Crippen LogP contribution in [-0.2, 0) is 4.79 Å². The predicted molar refractivity (Wildman–Crippen MR) is 109 cm³/mol. The van der Waals surface area contributed by atoms with Crippen LogP contribution in [0.3, 0.4) is 0 Å². The maximum Gasteiger partial charge on any atom is 0.230 e. The number of aliphatic hydroxyl groups is 1. The number of carbonyl (C=O) groups is 1. The van der Waals surface area contributed by atoms with Gasteiger partial charge in [-0.1, -0.05) is 44.5 Å². The van der Waals surface area contributed by atoms with Crippen molar-refractivity contribution in [3.05, 3.63) is 65.5 Å². The molecule has 0 radical (unpaired) electrons. The van der Waals surface area contributed by atoms with E-state index in [0.29, 0.717) is 12.5 Å². The summed E-state index contributed by atoms with van der Waals surface area (Å²) in [7, 11) is 0. The minimum absolute atomic E-state index is 0.274. The van der Waals surface area contributed by atoms with Crippen molar-refractivity contribution in [1.82, 2.24) is 5.32 Å². The molecule has 28 heavy (non-hydrogen) atoms. The summed E-state index contributed by atoms with van der Waals surface area (Å²) in [5.41, 5.74) is 1.52. The Bertz CT molecular complexity index is 731. The Morgan fingerprint density at radius 1 is 1.07 bits per heavy atom. The molecule has 0 aromatic heterocycles. The summed E-state index contributed by atoms with van der Waals surface area (Å²) < 4.78 is 18.8. The van der Waals surface area contributed by atoms with Crippen LogP contribution in [-0.4, -0.2) is 24.2 Å². The van der Waals surface area contributed by atoms with E-state index in [-0.39, 0.29) is 24.4 Å². The minimum atomic E-state index is -0.670. The third kappa shape index (κ3) is 6.34. The van der Waals surface area contributed by atoms with Gasteiger partial charge in [-0.2, -0.15) is 0 Å². The normalized spacial score (nSPS) is 14.2. The van der Waals surface area contributed by atoms with Gasteiger partial charge in [0.1, 0.15) is 11.6 Å². The zero-order valence-corrected chi connectivity index (χ0v) is 16.8. The Morgan fingerprint density at radius 3 is 2.25 bits per heavy atom. The van der Waals surface area contributed by atoms with Crippen LogP contribution >= 0.6 is 0 Å². The van der Waals surface area contributed by atoms with Gasteiger partial charge < -0.3 is 15.2 Å². The fraction of sp³-hybridized carbons (Fsp3) is 0.435. The van der Waals surface area contributed by atoms with Gasteiger partial charge in [0.15, 0.2) is 0 Å². The number of benzene rings is 2. The molecule has 0 spiro atoms. The van der Waals surface area contributed by atoms with E-state index in [4.69, 9.17) is 4.74 Å². The minimum Gasteiger partial charge on any atom is -0.493 e. The van der Waals surface area contributed by atoms with E-state index in [2.05, 4.69) is 19.2 Å². The van der Waals surface area contributed by atoms with Crippen molar-refractivity contribution in [2.75, 3.05) is 13.2 Å². The van der Waals surface area contributed by atoms with Crippen LogP contribution in [0.1, 0.15) is 56.7 Å². The van der Waals surface area contributed by atoms with Crippen molar-refractivity contribution in [3.8, 4) is 5.75 Å². The number of ether oxygens (including phenoxy) is 1. The molecule has 2 aromatic carbocycles. The zero-order valence-electron chi connectivity index (χ0n) is 16.8. The highest BCUT2D eigenvalue weighted by Gasteiger charge is 2.22. The average Bonchev–Trinajstić information content (AvgIpc) is 2.68. The lowest BCUT2D eigenvalue weighted by Crippen LogP contribution is -2.33. The molecule has 0 saturated heterocycles. The number of hydrogen-bond donors (Lipinski definition) is 2. The van der Waals surface area contributed by atoms with E-state index >= 15 is 0 Å². The highest BCUT2D eigenvalue weighted by molar-refractivity contribution is 5.84. The first-order valence-corrected chi connectivity index (χ1v) is 9.84. The summed E-state index contributed by atoms with van der Waals surface area (Å²) in [6.45, 7) is 6.50. The quantitative estimate of drug-likeness (QED) is 0.627. The molecule has 0 saturated carbocycles. The molecule has 5 heteroatoms. The van der Waals surface area contributed by atoms with Gasteiger partial charge >= 0.3 is 0 Å². The fourth-order valence-corrected chi connectivity index (χ4v) is 3.10. The molecule has 2 unspecified atom stereocenters. The first kappa shape index (κ1) is 21.9. The topological polar surface area (TPSA) is 58.6 Å². The second-order valence-corrected chi connectivity index (χ2v) is 7.29. The Morgan fingerprint density at radius 2 is 1.68 bits per heavy atom. The Kier molecular flexibility index (Phi) is 8.45. The zero-order chi connectivity index (χ0) is 20.5. The van der Waals surface area contributed by atoms with Crippen LogP contribution in [0.2, 0.25) is 0 Å². The summed E-state index contributed by atoms with van der Waals surface area (Å²) in [5, 5.41) is 12.6. The van der Waals surface area contributed by atoms with E-state index in [0.717, 1.165) is 29.7 Å². The molecule has 0 heterocycles. The second kappa shape index (κ2) is 10.8. The summed E-state index contributed by atoms with van der Waals surface area (Å²) in [6, 6.07) is 13.0. The van der Waals surface area contributed by atoms with Crippen LogP contribution in [0.15, 0.2) is 48.5 Å². The van der Waals surface area contributed by atoms with Gasteiger partial charge in [0.25, 0.3) is 0 Å². The molecule has 0 fully saturated rings. The van der Waals surface area contributed by atoms with Crippen molar-refractivity contribution in [1.29, 1.82) is 0 Å². The molecule has 152 valence electrons. The number of carbonyl (C=O) groups excluding carboxylic acids is 1. The van der Waals surface area contributed by atoms with Crippen LogP contribution in [0.25, 0.3) is 0 Å². The summed E-state index contributed by atoms with van der Waals surface area (Å²) in [5.74, 6) is -0.0143. The van der Waals surface area contributed by atoms with Gasteiger partial charge in [0.05, 0.1) is 25.2 Å². The maximum absolute atomic E-state index is 13.1. The Labute approximate surface area is 166 Å². The van der Waals surface area contributed by atoms with Crippen LogP contribution in [0.4, 0.5) is 4.39 Å². The van der Waals surface area contributed by atoms with E-state index in [1.165, 1.54) is 12.1 Å². The van der Waals surface area contributed by atoms with Crippen LogP contribution < -0.4 is 10.1 Å². The molecule has 2 aromatic rings. The monoisotopic (exact) mass is 387 g/mol. The van der Waals surface area contributed by atoms with Gasteiger partial charge in [0, 0.05) is 0 Å². The predicted octanol–water partition coefficient (Wildman–Crippen LogP) is 4.59. The molecule has 0 aliphatic carbocycles. The maximum atomic E-state index is 13.1. The van der Waals surface area contributed by atoms with Crippen molar-refractivity contribution >= 4 is 5.91 Å². The van der Waals surface area contributed by atoms with E-state index in [9.17, 15) is 14.3 Å². The highest BCUT2D eigenvalue weighted by Crippen LogP contribution is 2.22. The average molecular weight is 387 g/mol. The molecule has 4 nitrogen and oxygen atoms in total. The standard InChI is InChI=1S/C23H30FNO3/c1-4-5-16(2)15-28-21-12-8-19(9-13-21)22(14-26)23(27)25-17(3)18-6-10-20(24)11-7-18/h6-13,16-17,22,26H,4-5,14-15H2,1-3H3,(H,25,27)/t16?,17-,22?/m1/s1. The molecular formula is C23H30FNO3. The Hall–Kier alpha value is -2.40. The Balaban J connectivity index is 1.97. The van der Waals surface area contributed by atoms with Crippen LogP contribution in [0.5, 0.6) is 5.75 Å². The van der Waals surface area contributed by atoms with Crippen molar-refractivity contribution in [3.63, 3.8) is 0 Å². The third-order valence-electron chi connectivity index (χ3n) is 4.83. The van der Waals surface area contributed by atoms with Crippen molar-refractivity contribution < 1.29 is 19.0 Å². The largest absolute Gasteiger partial charge is 0.493 e. The highest BCUT2D eigenvalue weighted by atomic mass is 19.1. The molecule has 1 amide bonds. The van der Waals surface area contributed by atoms with Gasteiger partial charge in [0.2, 0.25) is 5.91 Å². The van der Waals surface area contributed by atoms with Gasteiger partial charge in [-0.15, -0.1) is 0 Å². The number of rotatable bonds is 10. The molecule has 2 rings (SSSR count). The number of nitrogens with one attached hydrogen (secondary N) is 1. The van der Waals surface area contributed by atoms with E-state index in [1.807, 2.05) is 31.2 Å². The van der Waals surface area contributed by atoms with Gasteiger partial charge in [-0.05, 0) is 54.7 Å². The lowest BCUT2D eigenvalue weighted by Gasteiger charge is -2.20. The van der Waals surface area contributed by atoms with E-state index < -0.39 is 5.92 Å². The first-order valence-electron chi connectivity index (χ1n) is 9.84. The van der Waals surface area contributed by atoms with Gasteiger partial charge in [-0.25, -0.2) is 4.39 Å². The van der Waals surface area contributed by atoms with Crippen molar-refractivity contribution in [2.45, 2.75) is 45.6 Å². The molecular weight excluding hydrogens is 357 g/mol. The number of aliphatic hydroxyl groups excluding tert-OH is 1. The molecule has 2 N–H and O–H groups in total. The second-order valence-electron chi connectivity index (χ2n) is 7.29. The number of amides is 1. The smallest absolute Gasteiger partial charge is 0.230 e. The SMILES string of the molecule is CCCC(C)COc1ccc(C(CO)C(=O)N[C@H](C)c2ccc(F)cc2)cc1.